The van der Waals surface area contributed by atoms with E-state index in [-0.39, 0.29) is 5.41 Å². The van der Waals surface area contributed by atoms with Gasteiger partial charge in [-0.3, -0.25) is 0 Å². The van der Waals surface area contributed by atoms with Crippen LogP contribution in [0.15, 0.2) is 170 Å². The minimum atomic E-state index is -0.0597. The first-order valence-electron chi connectivity index (χ1n) is 16.9. The van der Waals surface area contributed by atoms with Crippen LogP contribution in [0.1, 0.15) is 25.0 Å². The number of benzene rings is 7. The van der Waals surface area contributed by atoms with E-state index in [0.29, 0.717) is 5.82 Å². The Bertz CT molecular complexity index is 2510. The van der Waals surface area contributed by atoms with E-state index in [4.69, 9.17) is 9.97 Å². The second-order valence-corrected chi connectivity index (χ2v) is 13.3. The van der Waals surface area contributed by atoms with Crippen LogP contribution < -0.4 is 0 Å². The van der Waals surface area contributed by atoms with Crippen LogP contribution in [-0.4, -0.2) is 9.97 Å². The van der Waals surface area contributed by atoms with Gasteiger partial charge in [0, 0.05) is 22.1 Å². The predicted octanol–water partition coefficient (Wildman–Crippen LogP) is 12.3. The quantitative estimate of drug-likeness (QED) is 0.190. The zero-order chi connectivity index (χ0) is 33.0. The summed E-state index contributed by atoms with van der Waals surface area (Å²) in [5.41, 5.74) is 15.1. The van der Waals surface area contributed by atoms with Crippen molar-refractivity contribution in [1.29, 1.82) is 0 Å². The van der Waals surface area contributed by atoms with E-state index in [1.54, 1.807) is 0 Å². The molecule has 9 rings (SSSR count). The molecule has 1 aliphatic carbocycles. The third-order valence-corrected chi connectivity index (χ3v) is 10.1. The highest BCUT2D eigenvalue weighted by Gasteiger charge is 2.36. The Morgan fingerprint density at radius 1 is 0.367 bits per heavy atom. The molecule has 1 heterocycles. The van der Waals surface area contributed by atoms with Crippen LogP contribution in [0.2, 0.25) is 0 Å². The molecule has 2 heteroatoms. The summed E-state index contributed by atoms with van der Waals surface area (Å²) < 4.78 is 0. The van der Waals surface area contributed by atoms with Gasteiger partial charge in [-0.05, 0) is 67.4 Å². The van der Waals surface area contributed by atoms with E-state index in [1.807, 2.05) is 6.07 Å². The molecular weight excluding hydrogens is 593 g/mol. The molecule has 1 aliphatic rings. The highest BCUT2D eigenvalue weighted by Crippen LogP contribution is 2.53. The fourth-order valence-corrected chi connectivity index (χ4v) is 7.75. The first-order chi connectivity index (χ1) is 24.1. The van der Waals surface area contributed by atoms with Crippen molar-refractivity contribution in [2.24, 2.45) is 0 Å². The molecule has 1 aromatic heterocycles. The van der Waals surface area contributed by atoms with E-state index in [1.165, 1.54) is 38.8 Å². The molecule has 0 aliphatic heterocycles. The summed E-state index contributed by atoms with van der Waals surface area (Å²) in [6, 6.07) is 60.5. The maximum absolute atomic E-state index is 5.33. The van der Waals surface area contributed by atoms with Crippen molar-refractivity contribution in [3.63, 3.8) is 0 Å². The third kappa shape index (κ3) is 4.79. The van der Waals surface area contributed by atoms with Crippen molar-refractivity contribution in [2.75, 3.05) is 0 Å². The van der Waals surface area contributed by atoms with Gasteiger partial charge in [0.25, 0.3) is 0 Å². The molecule has 0 amide bonds. The molecule has 0 fully saturated rings. The topological polar surface area (TPSA) is 25.8 Å². The van der Waals surface area contributed by atoms with Gasteiger partial charge in [0.05, 0.1) is 11.4 Å². The Kier molecular flexibility index (Phi) is 6.84. The molecule has 0 saturated carbocycles. The normalized spacial score (nSPS) is 12.9. The van der Waals surface area contributed by atoms with Crippen molar-refractivity contribution < 1.29 is 0 Å². The lowest BCUT2D eigenvalue weighted by Crippen LogP contribution is -2.14. The van der Waals surface area contributed by atoms with Gasteiger partial charge >= 0.3 is 0 Å². The van der Waals surface area contributed by atoms with Crippen molar-refractivity contribution in [1.82, 2.24) is 9.97 Å². The molecule has 8 aromatic rings. The van der Waals surface area contributed by atoms with Crippen molar-refractivity contribution >= 4 is 10.8 Å². The van der Waals surface area contributed by atoms with E-state index in [9.17, 15) is 0 Å². The van der Waals surface area contributed by atoms with Gasteiger partial charge in [0.2, 0.25) is 0 Å². The second kappa shape index (κ2) is 11.5. The minimum absolute atomic E-state index is 0.0597. The standard InChI is InChI=1S/C47H34N2/c1-47(2)41-26-14-13-24-40(41)45-38(25-15-27-42(45)47)36-28-29-39(35-22-11-10-21-34(35)36)46-48-43(32-18-7-4-8-19-32)30-44(49-46)37-23-12-9-20-33(37)31-16-5-3-6-17-31/h3-30H,1-2H3. The molecule has 0 radical (unpaired) electrons. The molecule has 0 saturated heterocycles. The van der Waals surface area contributed by atoms with Gasteiger partial charge in [-0.15, -0.1) is 0 Å². The SMILES string of the molecule is CC1(C)c2ccccc2-c2c(-c3ccc(-c4nc(-c5ccccc5)cc(-c5ccccc5-c5ccccc5)n4)c4ccccc34)cccc21. The molecular formula is C47H34N2. The first kappa shape index (κ1) is 29.1. The summed E-state index contributed by atoms with van der Waals surface area (Å²) in [4.78, 5) is 10.6. The zero-order valence-electron chi connectivity index (χ0n) is 27.6. The highest BCUT2D eigenvalue weighted by molar-refractivity contribution is 6.07. The molecule has 232 valence electrons. The van der Waals surface area contributed by atoms with E-state index in [0.717, 1.165) is 44.6 Å². The zero-order valence-corrected chi connectivity index (χ0v) is 27.6. The highest BCUT2D eigenvalue weighted by atomic mass is 14.9. The summed E-state index contributed by atoms with van der Waals surface area (Å²) in [7, 11) is 0. The molecule has 2 nitrogen and oxygen atoms in total. The molecule has 7 aromatic carbocycles. The first-order valence-corrected chi connectivity index (χ1v) is 16.9. The van der Waals surface area contributed by atoms with Crippen LogP contribution in [-0.2, 0) is 5.41 Å². The number of hydrogen-bond donors (Lipinski definition) is 0. The predicted molar refractivity (Wildman–Crippen MR) is 204 cm³/mol. The van der Waals surface area contributed by atoms with Gasteiger partial charge in [0.15, 0.2) is 5.82 Å². The maximum Gasteiger partial charge on any atom is 0.161 e. The van der Waals surface area contributed by atoms with E-state index >= 15 is 0 Å². The van der Waals surface area contributed by atoms with Crippen LogP contribution in [0.3, 0.4) is 0 Å². The minimum Gasteiger partial charge on any atom is -0.228 e. The lowest BCUT2D eigenvalue weighted by atomic mass is 9.81. The largest absolute Gasteiger partial charge is 0.228 e. The summed E-state index contributed by atoms with van der Waals surface area (Å²) in [6.07, 6.45) is 0. The Hall–Kier alpha value is -6.12. The number of nitrogens with zero attached hydrogens (tertiary/aromatic N) is 2. The lowest BCUT2D eigenvalue weighted by molar-refractivity contribution is 0.660. The van der Waals surface area contributed by atoms with E-state index < -0.39 is 0 Å². The number of hydrogen-bond acceptors (Lipinski definition) is 2. The molecule has 49 heavy (non-hydrogen) atoms. The van der Waals surface area contributed by atoms with Gasteiger partial charge in [-0.2, -0.15) is 0 Å². The average Bonchev–Trinajstić information content (AvgIpc) is 3.41. The van der Waals surface area contributed by atoms with Gasteiger partial charge in [-0.1, -0.05) is 172 Å². The van der Waals surface area contributed by atoms with Crippen LogP contribution >= 0.6 is 0 Å². The Morgan fingerprint density at radius 3 is 1.65 bits per heavy atom. The summed E-state index contributed by atoms with van der Waals surface area (Å²) in [6.45, 7) is 4.68. The Labute approximate surface area is 287 Å². The smallest absolute Gasteiger partial charge is 0.161 e. The van der Waals surface area contributed by atoms with Gasteiger partial charge < -0.3 is 0 Å². The number of aromatic nitrogens is 2. The summed E-state index contributed by atoms with van der Waals surface area (Å²) in [5, 5.41) is 2.33. The van der Waals surface area contributed by atoms with Crippen LogP contribution in [0, 0.1) is 0 Å². The fourth-order valence-electron chi connectivity index (χ4n) is 7.75. The van der Waals surface area contributed by atoms with Crippen LogP contribution in [0.25, 0.3) is 78.1 Å². The maximum atomic E-state index is 5.33. The number of fused-ring (bicyclic) bond motifs is 4. The lowest BCUT2D eigenvalue weighted by Gasteiger charge is -2.21. The molecule has 0 spiro atoms. The van der Waals surface area contributed by atoms with Crippen molar-refractivity contribution in [3.8, 4) is 67.3 Å². The Balaban J connectivity index is 1.27. The van der Waals surface area contributed by atoms with Gasteiger partial charge in [-0.25, -0.2) is 9.97 Å². The molecule has 0 bridgehead atoms. The van der Waals surface area contributed by atoms with E-state index in [2.05, 4.69) is 178 Å². The number of rotatable bonds is 5. The van der Waals surface area contributed by atoms with Crippen molar-refractivity contribution in [2.45, 2.75) is 19.3 Å². The fraction of sp³-hybridized carbons (Fsp3) is 0.0638. The monoisotopic (exact) mass is 626 g/mol. The average molecular weight is 627 g/mol. The van der Waals surface area contributed by atoms with Crippen LogP contribution in [0.4, 0.5) is 0 Å². The summed E-state index contributed by atoms with van der Waals surface area (Å²) >= 11 is 0. The molecule has 0 unspecified atom stereocenters. The second-order valence-electron chi connectivity index (χ2n) is 13.3. The third-order valence-electron chi connectivity index (χ3n) is 10.1. The van der Waals surface area contributed by atoms with Crippen LogP contribution in [0.5, 0.6) is 0 Å². The van der Waals surface area contributed by atoms with Crippen molar-refractivity contribution in [3.05, 3.63) is 181 Å². The summed E-state index contributed by atoms with van der Waals surface area (Å²) in [5.74, 6) is 0.715. The molecule has 0 atom stereocenters. The Morgan fingerprint density at radius 2 is 0.898 bits per heavy atom. The van der Waals surface area contributed by atoms with Gasteiger partial charge in [0.1, 0.15) is 0 Å². The molecule has 0 N–H and O–H groups in total.